The monoisotopic (exact) mass is 584 g/mol. The largest absolute Gasteiger partial charge is 0.331 e. The number of nitrogens with one attached hydrogen (secondary N) is 2. The van der Waals surface area contributed by atoms with Crippen molar-refractivity contribution >= 4 is 35.0 Å². The van der Waals surface area contributed by atoms with E-state index in [1.807, 2.05) is 67.2 Å². The first-order chi connectivity index (χ1) is 20.1. The molecular weight excluding hydrogens is 540 g/mol. The number of rotatable bonds is 6. The average molecular weight is 585 g/mol. The van der Waals surface area contributed by atoms with E-state index in [-0.39, 0.29) is 34.6 Å². The first-order valence-electron chi connectivity index (χ1n) is 15.7. The van der Waals surface area contributed by atoms with Gasteiger partial charge in [0, 0.05) is 28.2 Å². The fraction of sp³-hybridized carbons (Fsp3) is 0.528. The highest BCUT2D eigenvalue weighted by Gasteiger charge is 2.62. The summed E-state index contributed by atoms with van der Waals surface area (Å²) in [5, 5.41) is 6.36. The van der Waals surface area contributed by atoms with Crippen molar-refractivity contribution in [2.24, 2.45) is 34.5 Å². The molecule has 8 atom stereocenters. The molecule has 0 aliphatic heterocycles. The van der Waals surface area contributed by atoms with Gasteiger partial charge in [0.1, 0.15) is 5.78 Å². The van der Waals surface area contributed by atoms with Crippen molar-refractivity contribution in [1.29, 1.82) is 0 Å². The lowest BCUT2D eigenvalue weighted by atomic mass is 9.46. The van der Waals surface area contributed by atoms with Gasteiger partial charge in [-0.15, -0.1) is 11.8 Å². The van der Waals surface area contributed by atoms with Crippen LogP contribution in [0.15, 0.2) is 71.1 Å². The number of carbonyl (C=O) groups is 3. The summed E-state index contributed by atoms with van der Waals surface area (Å²) < 4.78 is 0. The zero-order chi connectivity index (χ0) is 29.6. The van der Waals surface area contributed by atoms with Crippen LogP contribution in [-0.4, -0.2) is 22.8 Å². The Bertz CT molecular complexity index is 1390. The van der Waals surface area contributed by atoms with Crippen LogP contribution in [0.1, 0.15) is 84.2 Å². The van der Waals surface area contributed by atoms with Crippen molar-refractivity contribution in [3.8, 4) is 0 Å². The normalized spacial score (nSPS) is 34.3. The van der Waals surface area contributed by atoms with Crippen molar-refractivity contribution in [3.63, 3.8) is 0 Å². The summed E-state index contributed by atoms with van der Waals surface area (Å²) in [4.78, 5) is 39.1. The van der Waals surface area contributed by atoms with E-state index in [2.05, 4.69) is 36.6 Å². The Labute approximate surface area is 254 Å². The molecule has 2 aromatic rings. The third kappa shape index (κ3) is 5.25. The quantitative estimate of drug-likeness (QED) is 0.358. The number of ketones is 2. The highest BCUT2D eigenvalue weighted by molar-refractivity contribution is 8.00. The number of hydrogen-bond acceptors (Lipinski definition) is 4. The molecule has 0 spiro atoms. The molecule has 6 heteroatoms. The molecule has 3 fully saturated rings. The standard InChI is InChI=1S/C36H44N2O3S/c1-22(24-8-6-5-7-9-24)37-34(41)38-26-10-12-28(13-11-26)42-32-21-25-20-27(40)16-18-35(25,3)31-17-19-36(4)29(23(2)39)14-15-30(36)33(31)32/h5-13,20,22,29-33H,14-19,21H2,1-4H3,(H2,37,38,41)/t22-,29-,30?,31?,32-,33?,35+,36-/m1/s1. The maximum atomic E-state index is 12.7. The molecule has 0 saturated heterocycles. The zero-order valence-corrected chi connectivity index (χ0v) is 26.1. The van der Waals surface area contributed by atoms with E-state index >= 15 is 0 Å². The molecule has 4 aliphatic rings. The summed E-state index contributed by atoms with van der Waals surface area (Å²) in [7, 11) is 0. The van der Waals surface area contributed by atoms with Crippen LogP contribution >= 0.6 is 11.8 Å². The van der Waals surface area contributed by atoms with E-state index in [0.717, 1.165) is 49.8 Å². The molecule has 4 aliphatic carbocycles. The maximum absolute atomic E-state index is 12.7. The van der Waals surface area contributed by atoms with Crippen LogP contribution in [-0.2, 0) is 9.59 Å². The minimum Gasteiger partial charge on any atom is -0.331 e. The molecule has 0 heterocycles. The van der Waals surface area contributed by atoms with Gasteiger partial charge in [0.2, 0.25) is 0 Å². The lowest BCUT2D eigenvalue weighted by Gasteiger charge is -2.60. The molecular formula is C36H44N2O3S. The number of anilines is 1. The van der Waals surface area contributed by atoms with Crippen molar-refractivity contribution in [3.05, 3.63) is 71.8 Å². The van der Waals surface area contributed by atoms with Crippen LogP contribution in [0.25, 0.3) is 0 Å². The fourth-order valence-electron chi connectivity index (χ4n) is 9.27. The lowest BCUT2D eigenvalue weighted by molar-refractivity contribution is -0.128. The molecule has 2 amide bonds. The second-order valence-corrected chi connectivity index (χ2v) is 15.1. The van der Waals surface area contributed by atoms with Crippen LogP contribution in [0.4, 0.5) is 10.5 Å². The maximum Gasteiger partial charge on any atom is 0.319 e. The number of carbonyl (C=O) groups excluding carboxylic acids is 3. The summed E-state index contributed by atoms with van der Waals surface area (Å²) in [6.45, 7) is 8.60. The Balaban J connectivity index is 1.20. The summed E-state index contributed by atoms with van der Waals surface area (Å²) in [5.74, 6) is 2.42. The first-order valence-corrected chi connectivity index (χ1v) is 16.6. The van der Waals surface area contributed by atoms with Crippen molar-refractivity contribution in [1.82, 2.24) is 5.32 Å². The second-order valence-electron chi connectivity index (χ2n) is 13.7. The van der Waals surface area contributed by atoms with Crippen molar-refractivity contribution < 1.29 is 14.4 Å². The Kier molecular flexibility index (Phi) is 7.88. The Hall–Kier alpha value is -2.86. The molecule has 3 saturated carbocycles. The van der Waals surface area contributed by atoms with Gasteiger partial charge >= 0.3 is 6.03 Å². The minimum atomic E-state index is -0.224. The summed E-state index contributed by atoms with van der Waals surface area (Å²) in [6.07, 6.45) is 8.93. The van der Waals surface area contributed by atoms with E-state index in [9.17, 15) is 14.4 Å². The zero-order valence-electron chi connectivity index (χ0n) is 25.3. The molecule has 42 heavy (non-hydrogen) atoms. The van der Waals surface area contributed by atoms with Gasteiger partial charge in [0.05, 0.1) is 6.04 Å². The highest BCUT2D eigenvalue weighted by atomic mass is 32.2. The highest BCUT2D eigenvalue weighted by Crippen LogP contribution is 2.68. The lowest BCUT2D eigenvalue weighted by Crippen LogP contribution is -2.55. The molecule has 2 N–H and O–H groups in total. The number of Topliss-reactive ketones (excluding diaryl/α,β-unsaturated/α-hetero) is 1. The third-order valence-corrected chi connectivity index (χ3v) is 12.8. The van der Waals surface area contributed by atoms with E-state index < -0.39 is 0 Å². The predicted molar refractivity (Wildman–Crippen MR) is 169 cm³/mol. The third-order valence-electron chi connectivity index (χ3n) is 11.5. The van der Waals surface area contributed by atoms with Crippen LogP contribution in [0.3, 0.4) is 0 Å². The Morgan fingerprint density at radius 1 is 0.952 bits per heavy atom. The Morgan fingerprint density at radius 2 is 1.69 bits per heavy atom. The van der Waals surface area contributed by atoms with Crippen molar-refractivity contribution in [2.75, 3.05) is 5.32 Å². The average Bonchev–Trinajstić information content (AvgIpc) is 3.33. The van der Waals surface area contributed by atoms with Gasteiger partial charge in [-0.3, -0.25) is 9.59 Å². The number of benzene rings is 2. The number of thioether (sulfide) groups is 1. The van der Waals surface area contributed by atoms with Gasteiger partial charge in [-0.05, 0) is 117 Å². The van der Waals surface area contributed by atoms with Crippen LogP contribution in [0.5, 0.6) is 0 Å². The Morgan fingerprint density at radius 3 is 2.40 bits per heavy atom. The fourth-order valence-corrected chi connectivity index (χ4v) is 10.7. The van der Waals surface area contributed by atoms with Crippen LogP contribution in [0.2, 0.25) is 0 Å². The van der Waals surface area contributed by atoms with Crippen LogP contribution in [0, 0.1) is 34.5 Å². The first kappa shape index (κ1) is 29.2. The molecule has 2 aromatic carbocycles. The van der Waals surface area contributed by atoms with E-state index in [4.69, 9.17) is 0 Å². The predicted octanol–water partition coefficient (Wildman–Crippen LogP) is 8.38. The van der Waals surface area contributed by atoms with E-state index in [1.165, 1.54) is 10.5 Å². The summed E-state index contributed by atoms with van der Waals surface area (Å²) in [6, 6.07) is 17.8. The SMILES string of the molecule is CC(=O)[C@H]1CCC2C3C(CC[C@@]21C)[C@@]1(C)CCC(=O)C=C1C[C@H]3Sc1ccc(NC(=O)N[C@H](C)c2ccccc2)cc1. The molecule has 0 aromatic heterocycles. The number of fused-ring (bicyclic) bond motifs is 5. The second kappa shape index (κ2) is 11.3. The van der Waals surface area contributed by atoms with Gasteiger partial charge in [0.15, 0.2) is 5.78 Å². The van der Waals surface area contributed by atoms with E-state index in [1.54, 1.807) is 6.92 Å². The molecule has 5 nitrogen and oxygen atoms in total. The summed E-state index contributed by atoms with van der Waals surface area (Å²) in [5.41, 5.74) is 3.34. The molecule has 3 unspecified atom stereocenters. The molecule has 6 rings (SSSR count). The number of amides is 2. The van der Waals surface area contributed by atoms with Gasteiger partial charge in [-0.1, -0.05) is 49.8 Å². The van der Waals surface area contributed by atoms with Gasteiger partial charge in [0.25, 0.3) is 0 Å². The van der Waals surface area contributed by atoms with Gasteiger partial charge in [-0.25, -0.2) is 4.79 Å². The van der Waals surface area contributed by atoms with Crippen LogP contribution < -0.4 is 10.6 Å². The molecule has 0 bridgehead atoms. The van der Waals surface area contributed by atoms with E-state index in [0.29, 0.717) is 35.2 Å². The molecule has 0 radical (unpaired) electrons. The number of hydrogen-bond donors (Lipinski definition) is 2. The summed E-state index contributed by atoms with van der Waals surface area (Å²) >= 11 is 1.93. The number of urea groups is 1. The minimum absolute atomic E-state index is 0.0753. The molecule has 222 valence electrons. The topological polar surface area (TPSA) is 75.3 Å². The van der Waals surface area contributed by atoms with Gasteiger partial charge in [-0.2, -0.15) is 0 Å². The smallest absolute Gasteiger partial charge is 0.319 e. The number of allylic oxidation sites excluding steroid dienone is 1. The van der Waals surface area contributed by atoms with Crippen molar-refractivity contribution in [2.45, 2.75) is 88.8 Å². The van der Waals surface area contributed by atoms with Gasteiger partial charge < -0.3 is 10.6 Å².